The van der Waals surface area contributed by atoms with Crippen LogP contribution < -0.4 is 11.2 Å². The van der Waals surface area contributed by atoms with Crippen molar-refractivity contribution >= 4 is 44.3 Å². The number of thiophene rings is 1. The van der Waals surface area contributed by atoms with Crippen LogP contribution in [0, 0.1) is 20.8 Å². The van der Waals surface area contributed by atoms with Crippen molar-refractivity contribution in [3.8, 4) is 0 Å². The lowest BCUT2D eigenvalue weighted by Crippen LogP contribution is -2.22. The fourth-order valence-electron chi connectivity index (χ4n) is 3.30. The summed E-state index contributed by atoms with van der Waals surface area (Å²) in [6.07, 6.45) is 0. The Morgan fingerprint density at radius 3 is 2.71 bits per heavy atom. The Morgan fingerprint density at radius 2 is 1.96 bits per heavy atom. The summed E-state index contributed by atoms with van der Waals surface area (Å²) in [7, 11) is 0. The minimum atomic E-state index is -0.366. The van der Waals surface area contributed by atoms with Gasteiger partial charge in [-0.15, -0.1) is 11.3 Å². The van der Waals surface area contributed by atoms with Crippen LogP contribution in [0.1, 0.15) is 28.5 Å². The van der Waals surface area contributed by atoms with Gasteiger partial charge in [0.05, 0.1) is 5.39 Å². The van der Waals surface area contributed by atoms with Crippen molar-refractivity contribution in [1.29, 1.82) is 0 Å². The Bertz CT molecular complexity index is 1330. The summed E-state index contributed by atoms with van der Waals surface area (Å²) >= 11 is 3.03. The molecule has 0 radical (unpaired) electrons. The average Bonchev–Trinajstić information content (AvgIpc) is 2.93. The van der Waals surface area contributed by atoms with Gasteiger partial charge in [-0.1, -0.05) is 23.9 Å². The van der Waals surface area contributed by atoms with Gasteiger partial charge in [0.2, 0.25) is 0 Å². The third kappa shape index (κ3) is 3.18. The molecule has 0 amide bonds. The Morgan fingerprint density at radius 1 is 1.18 bits per heavy atom. The third-order valence-electron chi connectivity index (χ3n) is 4.91. The second-order valence-corrected chi connectivity index (χ2v) is 8.93. The molecule has 144 valence electrons. The molecule has 0 aliphatic carbocycles. The molecular weight excluding hydrogens is 392 g/mol. The van der Waals surface area contributed by atoms with Crippen molar-refractivity contribution < 1.29 is 4.42 Å². The Kier molecular flexibility index (Phi) is 4.89. The minimum Gasteiger partial charge on any atom is -0.423 e. The van der Waals surface area contributed by atoms with Crippen LogP contribution in [0.2, 0.25) is 0 Å². The number of aromatic nitrogens is 2. The van der Waals surface area contributed by atoms with E-state index in [0.717, 1.165) is 37.2 Å². The van der Waals surface area contributed by atoms with E-state index in [0.29, 0.717) is 23.0 Å². The second kappa shape index (κ2) is 7.22. The summed E-state index contributed by atoms with van der Waals surface area (Å²) in [6.45, 7) is 8.45. The maximum atomic E-state index is 13.0. The van der Waals surface area contributed by atoms with E-state index in [1.807, 2.05) is 45.9 Å². The van der Waals surface area contributed by atoms with Crippen LogP contribution in [0.3, 0.4) is 0 Å². The minimum absolute atomic E-state index is 0.00454. The van der Waals surface area contributed by atoms with E-state index >= 15 is 0 Å². The highest BCUT2D eigenvalue weighted by Crippen LogP contribution is 2.30. The molecule has 3 heterocycles. The predicted octanol–water partition coefficient (Wildman–Crippen LogP) is 4.80. The molecule has 0 bridgehead atoms. The molecule has 28 heavy (non-hydrogen) atoms. The average molecular weight is 413 g/mol. The molecule has 0 saturated carbocycles. The number of nitrogens with zero attached hydrogens (tertiary/aromatic N) is 2. The molecular formula is C21H20N2O3S2. The third-order valence-corrected chi connectivity index (χ3v) is 7.04. The largest absolute Gasteiger partial charge is 0.423 e. The van der Waals surface area contributed by atoms with Gasteiger partial charge >= 0.3 is 5.63 Å². The van der Waals surface area contributed by atoms with Gasteiger partial charge in [0, 0.05) is 28.6 Å². The molecule has 3 aromatic heterocycles. The first kappa shape index (κ1) is 19.0. The Hall–Kier alpha value is -2.38. The van der Waals surface area contributed by atoms with Gasteiger partial charge in [0.15, 0.2) is 5.16 Å². The smallest absolute Gasteiger partial charge is 0.336 e. The van der Waals surface area contributed by atoms with Crippen LogP contribution in [0.15, 0.2) is 43.4 Å². The molecule has 7 heteroatoms. The van der Waals surface area contributed by atoms with Gasteiger partial charge in [-0.25, -0.2) is 9.78 Å². The van der Waals surface area contributed by atoms with E-state index in [1.165, 1.54) is 17.8 Å². The number of rotatable bonds is 4. The van der Waals surface area contributed by atoms with Crippen molar-refractivity contribution in [2.24, 2.45) is 0 Å². The van der Waals surface area contributed by atoms with Crippen molar-refractivity contribution in [2.75, 3.05) is 0 Å². The molecule has 0 aliphatic heterocycles. The molecule has 5 nitrogen and oxygen atoms in total. The van der Waals surface area contributed by atoms with Crippen molar-refractivity contribution in [1.82, 2.24) is 9.55 Å². The number of hydrogen-bond acceptors (Lipinski definition) is 6. The van der Waals surface area contributed by atoms with Crippen LogP contribution >= 0.6 is 23.1 Å². The molecule has 0 spiro atoms. The van der Waals surface area contributed by atoms with E-state index in [2.05, 4.69) is 0 Å². The summed E-state index contributed by atoms with van der Waals surface area (Å²) in [4.78, 5) is 31.6. The molecule has 0 fully saturated rings. The number of hydrogen-bond donors (Lipinski definition) is 0. The summed E-state index contributed by atoms with van der Waals surface area (Å²) in [5.74, 6) is 0.534. The number of thioether (sulfide) groups is 1. The van der Waals surface area contributed by atoms with Gasteiger partial charge in [-0.3, -0.25) is 9.36 Å². The molecule has 4 aromatic rings. The molecule has 0 atom stereocenters. The summed E-state index contributed by atoms with van der Waals surface area (Å²) in [5, 5.41) is 2.30. The number of benzene rings is 1. The fourth-order valence-corrected chi connectivity index (χ4v) is 5.42. The lowest BCUT2D eigenvalue weighted by Gasteiger charge is -2.11. The zero-order valence-electron chi connectivity index (χ0n) is 16.2. The van der Waals surface area contributed by atoms with Crippen LogP contribution in [-0.2, 0) is 12.3 Å². The van der Waals surface area contributed by atoms with E-state index in [1.54, 1.807) is 15.9 Å². The lowest BCUT2D eigenvalue weighted by atomic mass is 10.1. The lowest BCUT2D eigenvalue weighted by molar-refractivity contribution is 0.559. The summed E-state index contributed by atoms with van der Waals surface area (Å²) in [6, 6.07) is 7.37. The van der Waals surface area contributed by atoms with Gasteiger partial charge in [-0.2, -0.15) is 0 Å². The molecule has 4 rings (SSSR count). The zero-order valence-corrected chi connectivity index (χ0v) is 17.8. The van der Waals surface area contributed by atoms with E-state index in [4.69, 9.17) is 9.40 Å². The van der Waals surface area contributed by atoms with Gasteiger partial charge < -0.3 is 4.42 Å². The maximum absolute atomic E-state index is 13.0. The van der Waals surface area contributed by atoms with Crippen LogP contribution in [-0.4, -0.2) is 9.55 Å². The van der Waals surface area contributed by atoms with Crippen LogP contribution in [0.25, 0.3) is 21.2 Å². The van der Waals surface area contributed by atoms with Gasteiger partial charge in [0.1, 0.15) is 10.4 Å². The molecule has 1 aromatic carbocycles. The zero-order chi connectivity index (χ0) is 20.0. The standard InChI is InChI=1S/C21H20N2O3S2/c1-5-23-20(25)18-12(3)13(4)28-19(18)22-21(23)27-10-14-9-17(24)26-16-8-11(2)6-7-15(14)16/h6-9H,5,10H2,1-4H3. The van der Waals surface area contributed by atoms with Crippen LogP contribution in [0.5, 0.6) is 0 Å². The van der Waals surface area contributed by atoms with Gasteiger partial charge in [0.25, 0.3) is 5.56 Å². The monoisotopic (exact) mass is 412 g/mol. The highest BCUT2D eigenvalue weighted by atomic mass is 32.2. The molecule has 0 aliphatic rings. The highest BCUT2D eigenvalue weighted by Gasteiger charge is 2.16. The first-order valence-electron chi connectivity index (χ1n) is 9.05. The first-order valence-corrected chi connectivity index (χ1v) is 10.9. The van der Waals surface area contributed by atoms with Crippen molar-refractivity contribution in [3.63, 3.8) is 0 Å². The maximum Gasteiger partial charge on any atom is 0.336 e. The summed E-state index contributed by atoms with van der Waals surface area (Å²) in [5.41, 5.74) is 3.16. The van der Waals surface area contributed by atoms with Crippen LogP contribution in [0.4, 0.5) is 0 Å². The quantitative estimate of drug-likeness (QED) is 0.274. The summed E-state index contributed by atoms with van der Waals surface area (Å²) < 4.78 is 7.05. The molecule has 0 unspecified atom stereocenters. The Balaban J connectivity index is 1.79. The Labute approximate surface area is 170 Å². The topological polar surface area (TPSA) is 65.1 Å². The molecule has 0 saturated heterocycles. The van der Waals surface area contributed by atoms with Crippen molar-refractivity contribution in [2.45, 2.75) is 45.1 Å². The van der Waals surface area contributed by atoms with Gasteiger partial charge in [-0.05, 0) is 50.5 Å². The predicted molar refractivity (Wildman–Crippen MR) is 116 cm³/mol. The SMILES string of the molecule is CCn1c(SCc2cc(=O)oc3cc(C)ccc23)nc2sc(C)c(C)c2c1=O. The van der Waals surface area contributed by atoms with Crippen molar-refractivity contribution in [3.05, 3.63) is 66.6 Å². The first-order chi connectivity index (χ1) is 13.4. The number of aryl methyl sites for hydroxylation is 3. The second-order valence-electron chi connectivity index (χ2n) is 6.79. The highest BCUT2D eigenvalue weighted by molar-refractivity contribution is 7.98. The van der Waals surface area contributed by atoms with E-state index in [-0.39, 0.29) is 11.2 Å². The van der Waals surface area contributed by atoms with E-state index < -0.39 is 0 Å². The normalized spacial score (nSPS) is 11.6. The van der Waals surface area contributed by atoms with E-state index in [9.17, 15) is 9.59 Å². The fraction of sp³-hybridized carbons (Fsp3) is 0.286. The molecule has 0 N–H and O–H groups in total. The number of fused-ring (bicyclic) bond motifs is 2.